The van der Waals surface area contributed by atoms with E-state index in [4.69, 9.17) is 5.10 Å². The number of fused-ring (bicyclic) bond motifs is 2. The normalized spacial score (nSPS) is 20.2. The van der Waals surface area contributed by atoms with Gasteiger partial charge in [0, 0.05) is 35.8 Å². The molecule has 1 aliphatic carbocycles. The molecule has 1 saturated heterocycles. The molecule has 5 amide bonds. The molecule has 2 aromatic carbocycles. The number of unbranched alkanes of at least 4 members (excludes halogenated alkanes) is 1. The lowest BCUT2D eigenvalue weighted by molar-refractivity contribution is -0.141. The van der Waals surface area contributed by atoms with Crippen molar-refractivity contribution in [2.45, 2.75) is 95.5 Å². The third-order valence-electron chi connectivity index (χ3n) is 11.4. The number of hydrogen-bond acceptors (Lipinski definition) is 9. The summed E-state index contributed by atoms with van der Waals surface area (Å²) in [5.41, 5.74) is -0.300. The van der Waals surface area contributed by atoms with Crippen LogP contribution in [0.3, 0.4) is 0 Å². The minimum Gasteiger partial charge on any atom is -0.386 e. The zero-order chi connectivity index (χ0) is 41.5. The van der Waals surface area contributed by atoms with Gasteiger partial charge in [0.25, 0.3) is 17.7 Å². The number of carbonyl (C=O) groups is 5. The topological polar surface area (TPSA) is 167 Å². The Morgan fingerprint density at radius 1 is 0.983 bits per heavy atom. The molecule has 2 fully saturated rings. The quantitative estimate of drug-likeness (QED) is 0.115. The number of aromatic nitrogens is 3. The molecule has 4 aromatic rings. The van der Waals surface area contributed by atoms with Gasteiger partial charge in [-0.3, -0.25) is 38.9 Å². The van der Waals surface area contributed by atoms with Crippen molar-refractivity contribution in [3.05, 3.63) is 88.4 Å². The number of nitrogens with zero attached hydrogens (tertiary/aromatic N) is 5. The Kier molecular flexibility index (Phi) is 11.3. The average Bonchev–Trinajstić information content (AvgIpc) is 3.70. The Bertz CT molecular complexity index is 2270. The van der Waals surface area contributed by atoms with Crippen LogP contribution in [-0.4, -0.2) is 85.4 Å². The van der Waals surface area contributed by atoms with Crippen LogP contribution in [0.4, 0.5) is 18.9 Å². The Morgan fingerprint density at radius 2 is 1.72 bits per heavy atom. The van der Waals surface area contributed by atoms with Gasteiger partial charge in [0.1, 0.15) is 17.4 Å². The molecule has 58 heavy (non-hydrogen) atoms. The van der Waals surface area contributed by atoms with Gasteiger partial charge in [-0.1, -0.05) is 18.2 Å². The van der Waals surface area contributed by atoms with Crippen molar-refractivity contribution in [2.24, 2.45) is 5.92 Å². The molecular formula is C42H46F3N7O6. The van der Waals surface area contributed by atoms with Gasteiger partial charge in [-0.15, -0.1) is 0 Å². The lowest BCUT2D eigenvalue weighted by atomic mass is 9.85. The van der Waals surface area contributed by atoms with E-state index < -0.39 is 58.7 Å². The SMILES string of the molecule is CN(CCCCc1cccc2c1C(=O)N(C1CCC(=O)NC1=O)C2=O)CC1CCC(n2cc3cc(NC(=O)c4cccc(C(F)(F)F)n4)c(C(C)(C)O)cc3n2)CC1. The zero-order valence-corrected chi connectivity index (χ0v) is 32.6. The summed E-state index contributed by atoms with van der Waals surface area (Å²) in [6.45, 7) is 4.91. The number of hydrogen-bond donors (Lipinski definition) is 3. The predicted molar refractivity (Wildman–Crippen MR) is 207 cm³/mol. The number of rotatable bonds is 12. The second-order valence-electron chi connectivity index (χ2n) is 16.2. The van der Waals surface area contributed by atoms with Crippen molar-refractivity contribution >= 4 is 46.1 Å². The largest absolute Gasteiger partial charge is 0.433 e. The van der Waals surface area contributed by atoms with Gasteiger partial charge >= 0.3 is 6.18 Å². The molecule has 0 spiro atoms. The molecule has 0 bridgehead atoms. The summed E-state index contributed by atoms with van der Waals surface area (Å²) in [7, 11) is 2.10. The summed E-state index contributed by atoms with van der Waals surface area (Å²) in [5.74, 6) is -2.35. The van der Waals surface area contributed by atoms with Gasteiger partial charge in [-0.25, -0.2) is 4.98 Å². The van der Waals surface area contributed by atoms with E-state index in [2.05, 4.69) is 27.6 Å². The van der Waals surface area contributed by atoms with Crippen LogP contribution in [0.25, 0.3) is 10.9 Å². The fraction of sp³-hybridized carbons (Fsp3) is 0.452. The van der Waals surface area contributed by atoms with Crippen molar-refractivity contribution in [1.82, 2.24) is 29.9 Å². The lowest BCUT2D eigenvalue weighted by Gasteiger charge is -2.31. The van der Waals surface area contributed by atoms with Gasteiger partial charge in [-0.05, 0) is 121 Å². The molecule has 3 N–H and O–H groups in total. The van der Waals surface area contributed by atoms with Crippen molar-refractivity contribution in [1.29, 1.82) is 0 Å². The van der Waals surface area contributed by atoms with Crippen molar-refractivity contribution in [2.75, 3.05) is 25.5 Å². The molecule has 1 atom stereocenters. The summed E-state index contributed by atoms with van der Waals surface area (Å²) in [6, 6.07) is 10.9. The van der Waals surface area contributed by atoms with Gasteiger partial charge in [-0.2, -0.15) is 18.3 Å². The van der Waals surface area contributed by atoms with E-state index >= 15 is 0 Å². The van der Waals surface area contributed by atoms with Crippen LogP contribution in [0.15, 0.2) is 54.7 Å². The fourth-order valence-electron chi connectivity index (χ4n) is 8.41. The first kappa shape index (κ1) is 40.7. The van der Waals surface area contributed by atoms with E-state index in [-0.39, 0.29) is 24.6 Å². The molecule has 2 aliphatic heterocycles. The lowest BCUT2D eigenvalue weighted by Crippen LogP contribution is -2.54. The molecule has 2 aromatic heterocycles. The Balaban J connectivity index is 0.912. The maximum atomic E-state index is 13.4. The van der Waals surface area contributed by atoms with E-state index in [1.54, 1.807) is 38.1 Å². The Labute approximate surface area is 333 Å². The first-order valence-corrected chi connectivity index (χ1v) is 19.6. The summed E-state index contributed by atoms with van der Waals surface area (Å²) in [5, 5.41) is 21.4. The summed E-state index contributed by atoms with van der Waals surface area (Å²) < 4.78 is 41.6. The number of imide groups is 2. The molecule has 13 nitrogen and oxygen atoms in total. The maximum absolute atomic E-state index is 13.4. The van der Waals surface area contributed by atoms with Gasteiger partial charge < -0.3 is 15.3 Å². The first-order chi connectivity index (χ1) is 27.5. The van der Waals surface area contributed by atoms with Gasteiger partial charge in [0.15, 0.2) is 0 Å². The number of benzene rings is 2. The van der Waals surface area contributed by atoms with E-state index in [1.807, 2.05) is 16.9 Å². The predicted octanol–water partition coefficient (Wildman–Crippen LogP) is 6.02. The molecule has 0 radical (unpaired) electrons. The minimum absolute atomic E-state index is 0.0720. The summed E-state index contributed by atoms with van der Waals surface area (Å²) in [6.07, 6.45) is 3.52. The average molecular weight is 802 g/mol. The van der Waals surface area contributed by atoms with Crippen LogP contribution in [0.5, 0.6) is 0 Å². The van der Waals surface area contributed by atoms with E-state index in [9.17, 15) is 42.3 Å². The second-order valence-corrected chi connectivity index (χ2v) is 16.2. The highest BCUT2D eigenvalue weighted by atomic mass is 19.4. The molecule has 7 rings (SSSR count). The van der Waals surface area contributed by atoms with Crippen molar-refractivity contribution < 1.29 is 42.3 Å². The number of anilines is 1. The number of halogens is 3. The molecule has 306 valence electrons. The van der Waals surface area contributed by atoms with Crippen LogP contribution in [0.2, 0.25) is 0 Å². The van der Waals surface area contributed by atoms with Crippen LogP contribution in [0, 0.1) is 5.92 Å². The molecular weight excluding hydrogens is 755 g/mol. The second kappa shape index (κ2) is 16.0. The molecule has 3 aliphatic rings. The highest BCUT2D eigenvalue weighted by Crippen LogP contribution is 2.37. The first-order valence-electron chi connectivity index (χ1n) is 19.6. The minimum atomic E-state index is -4.70. The number of alkyl halides is 3. The highest BCUT2D eigenvalue weighted by Gasteiger charge is 2.45. The monoisotopic (exact) mass is 801 g/mol. The number of carbonyl (C=O) groups excluding carboxylic acids is 5. The number of amides is 5. The van der Waals surface area contributed by atoms with Gasteiger partial charge in [0.05, 0.1) is 28.3 Å². The smallest absolute Gasteiger partial charge is 0.386 e. The van der Waals surface area contributed by atoms with E-state index in [0.29, 0.717) is 39.9 Å². The molecule has 1 saturated carbocycles. The number of nitrogens with one attached hydrogen (secondary N) is 2. The zero-order valence-electron chi connectivity index (χ0n) is 32.6. The van der Waals surface area contributed by atoms with Crippen LogP contribution < -0.4 is 10.6 Å². The Hall–Kier alpha value is -5.48. The molecule has 4 heterocycles. The third kappa shape index (κ3) is 8.53. The van der Waals surface area contributed by atoms with E-state index in [1.165, 1.54) is 6.07 Å². The fourth-order valence-corrected chi connectivity index (χ4v) is 8.41. The standard InChI is InChI=1S/C42H46F3N7O6/c1-41(2,58)29-21-31-26(20-32(29)47-37(54)30-11-7-12-34(46-30)42(43,44)45)23-51(49-31)27-15-13-24(14-16-27)22-50(3)19-5-4-8-25-9-6-10-28-36(25)40(57)52(39(28)56)33-17-18-35(53)48-38(33)55/h6-7,9-12,20-21,23-24,27,33,58H,4-5,8,13-19,22H2,1-3H3,(H,47,54)(H,48,53,55). The molecule has 16 heteroatoms. The van der Waals surface area contributed by atoms with Crippen LogP contribution in [0.1, 0.15) is 119 Å². The van der Waals surface area contributed by atoms with Crippen LogP contribution in [-0.2, 0) is 27.8 Å². The van der Waals surface area contributed by atoms with Crippen molar-refractivity contribution in [3.8, 4) is 0 Å². The van der Waals surface area contributed by atoms with E-state index in [0.717, 1.165) is 74.2 Å². The number of piperidine rings is 1. The summed E-state index contributed by atoms with van der Waals surface area (Å²) in [4.78, 5) is 70.6. The number of pyridine rings is 1. The van der Waals surface area contributed by atoms with Crippen molar-refractivity contribution in [3.63, 3.8) is 0 Å². The Morgan fingerprint density at radius 3 is 2.43 bits per heavy atom. The number of aliphatic hydroxyl groups is 1. The highest BCUT2D eigenvalue weighted by molar-refractivity contribution is 6.24. The van der Waals surface area contributed by atoms with Gasteiger partial charge in [0.2, 0.25) is 11.8 Å². The third-order valence-corrected chi connectivity index (χ3v) is 11.4. The van der Waals surface area contributed by atoms with Crippen LogP contribution >= 0.6 is 0 Å². The summed E-state index contributed by atoms with van der Waals surface area (Å²) >= 11 is 0. The molecule has 1 unspecified atom stereocenters. The number of aryl methyl sites for hydroxylation is 1. The maximum Gasteiger partial charge on any atom is 0.433 e.